The average Bonchev–Trinajstić information content (AvgIpc) is 2.96. The van der Waals surface area contributed by atoms with E-state index in [4.69, 9.17) is 5.73 Å². The van der Waals surface area contributed by atoms with Crippen molar-refractivity contribution in [2.24, 2.45) is 52.1 Å². The van der Waals surface area contributed by atoms with E-state index in [9.17, 15) is 4.79 Å². The summed E-state index contributed by atoms with van der Waals surface area (Å²) in [6.45, 7) is 7.63. The van der Waals surface area contributed by atoms with Crippen LogP contribution in [0.25, 0.3) is 0 Å². The lowest BCUT2D eigenvalue weighted by molar-refractivity contribution is -0.118. The molecule has 0 heterocycles. The summed E-state index contributed by atoms with van der Waals surface area (Å²) in [4.78, 5) is 11.3. The van der Waals surface area contributed by atoms with Crippen LogP contribution in [0.2, 0.25) is 0 Å². The molecule has 4 aliphatic rings. The van der Waals surface area contributed by atoms with Crippen LogP contribution >= 0.6 is 0 Å². The topological polar surface area (TPSA) is 43.1 Å². The average molecular weight is 358 g/mol. The van der Waals surface area contributed by atoms with Crippen LogP contribution in [-0.2, 0) is 4.79 Å². The minimum Gasteiger partial charge on any atom is -0.370 e. The van der Waals surface area contributed by atoms with E-state index in [1.54, 1.807) is 0 Å². The molecule has 4 aliphatic carbocycles. The second kappa shape index (κ2) is 6.67. The van der Waals surface area contributed by atoms with Crippen molar-refractivity contribution in [1.82, 2.24) is 0 Å². The summed E-state index contributed by atoms with van der Waals surface area (Å²) >= 11 is 0. The van der Waals surface area contributed by atoms with Gasteiger partial charge in [-0.2, -0.15) is 0 Å². The summed E-state index contributed by atoms with van der Waals surface area (Å²) in [5.41, 5.74) is 6.49. The van der Waals surface area contributed by atoms with E-state index in [-0.39, 0.29) is 5.91 Å². The summed E-state index contributed by atoms with van der Waals surface area (Å²) in [5, 5.41) is 0. The second-order valence-corrected chi connectivity index (χ2v) is 10.7. The van der Waals surface area contributed by atoms with Crippen LogP contribution < -0.4 is 5.73 Å². The molecule has 0 aromatic rings. The highest BCUT2D eigenvalue weighted by Gasteiger charge is 2.59. The van der Waals surface area contributed by atoms with Gasteiger partial charge in [0.05, 0.1) is 0 Å². The van der Waals surface area contributed by atoms with E-state index >= 15 is 0 Å². The van der Waals surface area contributed by atoms with Gasteiger partial charge >= 0.3 is 0 Å². The van der Waals surface area contributed by atoms with E-state index in [1.165, 1.54) is 51.4 Å². The largest absolute Gasteiger partial charge is 0.370 e. The molecule has 0 aromatic heterocycles. The third-order valence-corrected chi connectivity index (χ3v) is 9.77. The third-order valence-electron chi connectivity index (χ3n) is 9.77. The first-order valence-electron chi connectivity index (χ1n) is 11.3. The summed E-state index contributed by atoms with van der Waals surface area (Å²) in [6.07, 6.45) is 17.8. The van der Waals surface area contributed by atoms with Crippen LogP contribution in [0.5, 0.6) is 0 Å². The fraction of sp³-hybridized carbons (Fsp3) is 0.875. The molecule has 1 amide bonds. The fourth-order valence-electron chi connectivity index (χ4n) is 8.37. The molecule has 2 N–H and O–H groups in total. The van der Waals surface area contributed by atoms with Crippen molar-refractivity contribution in [3.63, 3.8) is 0 Å². The first-order chi connectivity index (χ1) is 12.4. The third kappa shape index (κ3) is 2.78. The van der Waals surface area contributed by atoms with Gasteiger partial charge in [-0.1, -0.05) is 32.9 Å². The lowest BCUT2D eigenvalue weighted by atomic mass is 9.45. The number of hydrogen-bond acceptors (Lipinski definition) is 1. The van der Waals surface area contributed by atoms with Crippen LogP contribution in [0.1, 0.15) is 85.0 Å². The van der Waals surface area contributed by atoms with Gasteiger partial charge in [-0.3, -0.25) is 4.79 Å². The van der Waals surface area contributed by atoms with Gasteiger partial charge < -0.3 is 5.73 Å². The zero-order valence-electron chi connectivity index (χ0n) is 17.2. The molecule has 146 valence electrons. The number of rotatable bonds is 4. The summed E-state index contributed by atoms with van der Waals surface area (Å²) in [7, 11) is 0. The normalized spacial score (nSPS) is 48.3. The van der Waals surface area contributed by atoms with Gasteiger partial charge in [0.2, 0.25) is 5.91 Å². The van der Waals surface area contributed by atoms with Crippen molar-refractivity contribution < 1.29 is 4.79 Å². The van der Waals surface area contributed by atoms with Gasteiger partial charge in [-0.15, -0.1) is 0 Å². The van der Waals surface area contributed by atoms with Crippen LogP contribution in [0.3, 0.4) is 0 Å². The maximum atomic E-state index is 11.3. The quantitative estimate of drug-likeness (QED) is 0.643. The number of carbonyl (C=O) groups excluding carboxylic acids is 1. The molecule has 4 rings (SSSR count). The zero-order valence-corrected chi connectivity index (χ0v) is 17.2. The Hall–Kier alpha value is -0.790. The molecule has 2 heteroatoms. The lowest BCUT2D eigenvalue weighted by Gasteiger charge is -2.60. The maximum Gasteiger partial charge on any atom is 0.217 e. The van der Waals surface area contributed by atoms with Crippen LogP contribution in [-0.4, -0.2) is 5.91 Å². The van der Waals surface area contributed by atoms with Gasteiger partial charge in [0, 0.05) is 6.42 Å². The molecule has 0 saturated heterocycles. The van der Waals surface area contributed by atoms with E-state index < -0.39 is 0 Å². The SMILES string of the molecule is C[C@H](CCC(N)=O)[C@H]1CC[C@H]2[C@@H]3CCC4C=CCC[C@]4(C)[C@H]3CC[C@]12C. The van der Waals surface area contributed by atoms with E-state index in [2.05, 4.69) is 32.9 Å². The minimum atomic E-state index is -0.128. The van der Waals surface area contributed by atoms with Gasteiger partial charge in [-0.25, -0.2) is 0 Å². The Morgan fingerprint density at radius 2 is 1.85 bits per heavy atom. The Kier molecular flexibility index (Phi) is 4.77. The highest BCUT2D eigenvalue weighted by Crippen LogP contribution is 2.67. The number of fused-ring (bicyclic) bond motifs is 5. The minimum absolute atomic E-state index is 0.128. The van der Waals surface area contributed by atoms with E-state index in [0.717, 1.165) is 36.0 Å². The summed E-state index contributed by atoms with van der Waals surface area (Å²) in [6, 6.07) is 0. The van der Waals surface area contributed by atoms with Gasteiger partial charge in [0.1, 0.15) is 0 Å². The number of hydrogen-bond donors (Lipinski definition) is 1. The van der Waals surface area contributed by atoms with E-state index in [0.29, 0.717) is 23.2 Å². The first-order valence-corrected chi connectivity index (χ1v) is 11.3. The van der Waals surface area contributed by atoms with Crippen molar-refractivity contribution in [2.45, 2.75) is 85.0 Å². The Bertz CT molecular complexity index is 583. The Morgan fingerprint density at radius 3 is 2.62 bits per heavy atom. The monoisotopic (exact) mass is 357 g/mol. The summed E-state index contributed by atoms with van der Waals surface area (Å²) in [5.74, 6) is 4.97. The number of nitrogens with two attached hydrogens (primary N) is 1. The predicted octanol–water partition coefficient (Wildman–Crippen LogP) is 5.71. The lowest BCUT2D eigenvalue weighted by Crippen LogP contribution is -2.52. The molecule has 8 atom stereocenters. The number of allylic oxidation sites excluding steroid dienone is 2. The van der Waals surface area contributed by atoms with Crippen LogP contribution in [0, 0.1) is 46.3 Å². The molecule has 3 fully saturated rings. The number of primary amides is 1. The fourth-order valence-corrected chi connectivity index (χ4v) is 8.37. The Balaban J connectivity index is 1.53. The highest BCUT2D eigenvalue weighted by atomic mass is 16.1. The zero-order chi connectivity index (χ0) is 18.5. The van der Waals surface area contributed by atoms with Crippen molar-refractivity contribution in [3.05, 3.63) is 12.2 Å². The van der Waals surface area contributed by atoms with Crippen molar-refractivity contribution in [3.8, 4) is 0 Å². The molecule has 3 saturated carbocycles. The highest BCUT2D eigenvalue weighted by molar-refractivity contribution is 5.73. The van der Waals surface area contributed by atoms with Crippen molar-refractivity contribution >= 4 is 5.91 Å². The summed E-state index contributed by atoms with van der Waals surface area (Å²) < 4.78 is 0. The Labute approximate surface area is 160 Å². The standard InChI is InChI=1S/C24H39NO/c1-16(7-12-22(25)26)19-10-11-20-18-9-8-17-6-4-5-14-23(17,2)21(18)13-15-24(19,20)3/h4,6,16-21H,5,7-15H2,1-3H3,(H2,25,26)/t16-,17?,18+,19-,20+,21+,23+,24-/m1/s1. The molecule has 0 bridgehead atoms. The molecule has 0 aromatic carbocycles. The second-order valence-electron chi connectivity index (χ2n) is 10.7. The molecular formula is C24H39NO. The Morgan fingerprint density at radius 1 is 1.08 bits per heavy atom. The van der Waals surface area contributed by atoms with Crippen molar-refractivity contribution in [1.29, 1.82) is 0 Å². The van der Waals surface area contributed by atoms with Crippen LogP contribution in [0.4, 0.5) is 0 Å². The molecule has 1 unspecified atom stereocenters. The maximum absolute atomic E-state index is 11.3. The first kappa shape index (κ1) is 18.6. The molecule has 0 radical (unpaired) electrons. The smallest absolute Gasteiger partial charge is 0.217 e. The molecular weight excluding hydrogens is 318 g/mol. The molecule has 26 heavy (non-hydrogen) atoms. The van der Waals surface area contributed by atoms with Crippen molar-refractivity contribution in [2.75, 3.05) is 0 Å². The molecule has 0 spiro atoms. The van der Waals surface area contributed by atoms with Gasteiger partial charge in [0.15, 0.2) is 0 Å². The number of amides is 1. The molecule has 0 aliphatic heterocycles. The number of carbonyl (C=O) groups is 1. The van der Waals surface area contributed by atoms with E-state index in [1.807, 2.05) is 0 Å². The van der Waals surface area contributed by atoms with Crippen LogP contribution in [0.15, 0.2) is 12.2 Å². The van der Waals surface area contributed by atoms with Gasteiger partial charge in [0.25, 0.3) is 0 Å². The van der Waals surface area contributed by atoms with Gasteiger partial charge in [-0.05, 0) is 104 Å². The molecule has 2 nitrogen and oxygen atoms in total. The predicted molar refractivity (Wildman–Crippen MR) is 107 cm³/mol.